The van der Waals surface area contributed by atoms with Crippen LogP contribution in [0.2, 0.25) is 0 Å². The van der Waals surface area contributed by atoms with Crippen molar-refractivity contribution in [3.8, 4) is 78.9 Å². The Morgan fingerprint density at radius 3 is 0.960 bits per heavy atom. The molecular weight excluding hydrogens is 2110 g/mol. The molecule has 643 valence electrons. The zero-order chi connectivity index (χ0) is 87.1. The maximum atomic E-state index is 10.0. The molecule has 0 spiro atoms. The van der Waals surface area contributed by atoms with Crippen molar-refractivity contribution in [1.82, 2.24) is 15.0 Å². The maximum Gasteiger partial charge on any atom is 0.155 e. The Bertz CT molecular complexity index is 7140. The van der Waals surface area contributed by atoms with Crippen molar-refractivity contribution in [1.29, 1.82) is 0 Å². The molecule has 0 atom stereocenters. The largest absolute Gasteiger partial charge is 0.512 e. The average molecular weight is 2200 g/mol. The van der Waals surface area contributed by atoms with Crippen LogP contribution >= 0.6 is 0 Å². The Balaban J connectivity index is 0.000000163. The number of aliphatic hydroxyl groups is 3. The van der Waals surface area contributed by atoms with Crippen LogP contribution < -0.4 is 0 Å². The van der Waals surface area contributed by atoms with Crippen LogP contribution in [0.3, 0.4) is 0 Å². The summed E-state index contributed by atoms with van der Waals surface area (Å²) in [7, 11) is 0. The van der Waals surface area contributed by atoms with E-state index in [9.17, 15) is 14.4 Å². The van der Waals surface area contributed by atoms with Crippen LogP contribution in [0.1, 0.15) is 130 Å². The number of pyridine rings is 3. The van der Waals surface area contributed by atoms with Gasteiger partial charge in [-0.2, -0.15) is 0 Å². The Labute approximate surface area is 772 Å². The molecule has 9 aromatic heterocycles. The number of aryl methyl sites for hydroxylation is 2. The third-order valence-corrected chi connectivity index (χ3v) is 20.8. The molecule has 0 unspecified atom stereocenters. The first-order chi connectivity index (χ1) is 59.0. The van der Waals surface area contributed by atoms with Gasteiger partial charge < -0.3 is 56.8 Å². The normalized spacial score (nSPS) is 11.6. The average Bonchev–Trinajstić information content (AvgIpc) is 1.61. The Morgan fingerprint density at radius 1 is 0.349 bits per heavy atom. The fraction of sp³-hybridized carbons (Fsp3) is 0.167. The van der Waals surface area contributed by atoms with Gasteiger partial charge in [0.1, 0.15) is 34.0 Å². The number of aromatic nitrogens is 3. The van der Waals surface area contributed by atoms with Gasteiger partial charge in [-0.1, -0.05) is 227 Å². The molecule has 3 N–H and O–H groups in total. The number of aliphatic hydroxyl groups excluding tert-OH is 3. The number of allylic oxidation sites excluding steroid dienone is 6. The summed E-state index contributed by atoms with van der Waals surface area (Å²) in [6.45, 7) is 28.4. The Hall–Kier alpha value is -12.8. The molecule has 0 aliphatic rings. The Morgan fingerprint density at radius 2 is 0.659 bits per heavy atom. The second kappa shape index (κ2) is 40.9. The summed E-state index contributed by atoms with van der Waals surface area (Å²) >= 11 is 0. The van der Waals surface area contributed by atoms with Crippen LogP contribution in [0, 0.1) is 32.0 Å². The van der Waals surface area contributed by atoms with Gasteiger partial charge in [0.15, 0.2) is 34.1 Å². The standard InChI is InChI=1S/C33H22NO2.C31H26NO2.C29H22NO2.3C5H8O2.3Ir/c1-20-7-5-8-21(2)32(20)23-15-13-22(14-16-23)30-18-24-17-28(34-19-31(24)35-30)27-11-6-10-26-25-9-3-4-12-29(25)36-33(26)27;1-18(2)20-12-21(19(3)4)14-22(13-20)29-16-23-15-27(32-17-30(23)33-29)26-10-7-9-25-24-8-5-6-11-28(24)34-31(25)26;1-29(2,3)20-13-11-18(12-14-20)26-16-19-15-24(30-17-27(19)31-26)23-9-6-8-22-21-7-4-5-10-25(21)32-28(22)23;3*1-4(6)3-5(2)7;;;/h3-10,12-19H,1-2H3;5-9,11-19H,1-4H3;4-8,10-17H,1-3H3;3*3,6H,1-2H3;;;/q3*-1;;;;;;. The van der Waals surface area contributed by atoms with E-state index >= 15 is 0 Å². The summed E-state index contributed by atoms with van der Waals surface area (Å²) in [5.74, 6) is 3.25. The minimum absolute atomic E-state index is 0. The van der Waals surface area contributed by atoms with Crippen molar-refractivity contribution in [2.75, 3.05) is 0 Å². The molecule has 15 nitrogen and oxygen atoms in total. The van der Waals surface area contributed by atoms with E-state index in [1.807, 2.05) is 103 Å². The molecule has 9 heterocycles. The van der Waals surface area contributed by atoms with E-state index in [1.54, 1.807) is 18.6 Å². The topological polar surface area (TPSA) is 229 Å². The SMILES string of the molecule is CC(=O)C=C(C)O.CC(=O)C=C(C)O.CC(=O)C=C(C)O.CC(C)(C)c1ccc(-c2cc3cc(-c4[c-]ccc5c4oc4ccccc45)ncc3o2)cc1.CC(C)c1cc(-c2cc3cc(-c4[c-]ccc5c4oc4ccccc45)ncc3o2)cc(C(C)C)c1.Cc1cccc(C)c1-c1ccc(-c2cc3cc(-c4[c-]ccc5c4oc4ccccc45)ncc3o2)cc1.[Ir].[Ir].[Ir]. The smallest absolute Gasteiger partial charge is 0.155 e. The van der Waals surface area contributed by atoms with Crippen molar-refractivity contribution in [3.05, 3.63) is 331 Å². The molecule has 19 aromatic rings. The number of hydrogen-bond acceptors (Lipinski definition) is 15. The predicted molar refractivity (Wildman–Crippen MR) is 496 cm³/mol. The van der Waals surface area contributed by atoms with Crippen LogP contribution in [-0.2, 0) is 80.1 Å². The summed E-state index contributed by atoms with van der Waals surface area (Å²) in [6.07, 6.45) is 8.88. The number of benzene rings is 10. The molecule has 0 aliphatic heterocycles. The zero-order valence-electron chi connectivity index (χ0n) is 72.4. The van der Waals surface area contributed by atoms with E-state index < -0.39 is 0 Å². The molecule has 0 fully saturated rings. The van der Waals surface area contributed by atoms with Gasteiger partial charge in [-0.05, 0) is 177 Å². The van der Waals surface area contributed by atoms with Crippen LogP contribution in [0.25, 0.3) is 178 Å². The number of carbonyl (C=O) groups is 3. The number of furan rings is 6. The summed E-state index contributed by atoms with van der Waals surface area (Å²) in [6, 6.07) is 89.0. The van der Waals surface area contributed by atoms with Gasteiger partial charge >= 0.3 is 0 Å². The number of fused-ring (bicyclic) bond motifs is 12. The van der Waals surface area contributed by atoms with Crippen LogP contribution in [0.4, 0.5) is 0 Å². The van der Waals surface area contributed by atoms with E-state index in [0.717, 1.165) is 166 Å². The minimum Gasteiger partial charge on any atom is -0.512 e. The molecular formula is C108H94Ir3N3O12-3. The van der Waals surface area contributed by atoms with Gasteiger partial charge in [-0.25, -0.2) is 0 Å². The van der Waals surface area contributed by atoms with E-state index in [2.05, 4.69) is 213 Å². The first-order valence-corrected chi connectivity index (χ1v) is 40.7. The summed E-state index contributed by atoms with van der Waals surface area (Å²) < 4.78 is 37.1. The third kappa shape index (κ3) is 21.8. The molecule has 19 rings (SSSR count). The van der Waals surface area contributed by atoms with E-state index in [-0.39, 0.29) is 100 Å². The van der Waals surface area contributed by atoms with E-state index in [0.29, 0.717) is 11.8 Å². The molecule has 3 radical (unpaired) electrons. The van der Waals surface area contributed by atoms with E-state index in [1.165, 1.54) is 98.7 Å². The zero-order valence-corrected chi connectivity index (χ0v) is 79.6. The summed E-state index contributed by atoms with van der Waals surface area (Å²) in [5, 5.41) is 34.6. The molecule has 0 amide bonds. The fourth-order valence-electron chi connectivity index (χ4n) is 14.9. The van der Waals surface area contributed by atoms with Gasteiger partial charge in [0.25, 0.3) is 0 Å². The quantitative estimate of drug-likeness (QED) is 0.0587. The monoisotopic (exact) mass is 2200 g/mol. The van der Waals surface area contributed by atoms with Gasteiger partial charge in [0, 0.05) is 128 Å². The number of rotatable bonds is 12. The first-order valence-electron chi connectivity index (χ1n) is 40.7. The summed E-state index contributed by atoms with van der Waals surface area (Å²) in [5.41, 5.74) is 24.7. The number of ketones is 3. The second-order valence-corrected chi connectivity index (χ2v) is 32.3. The van der Waals surface area contributed by atoms with Gasteiger partial charge in [-0.3, -0.25) is 14.4 Å². The molecule has 126 heavy (non-hydrogen) atoms. The fourth-order valence-corrected chi connectivity index (χ4v) is 14.9. The molecule has 18 heteroatoms. The molecule has 0 aliphatic carbocycles. The number of carbonyl (C=O) groups excluding carboxylic acids is 3. The van der Waals surface area contributed by atoms with Crippen LogP contribution in [0.15, 0.2) is 311 Å². The minimum atomic E-state index is -0.125. The molecule has 10 aromatic carbocycles. The van der Waals surface area contributed by atoms with Gasteiger partial charge in [-0.15, -0.1) is 54.6 Å². The third-order valence-electron chi connectivity index (χ3n) is 20.8. The maximum absolute atomic E-state index is 10.0. The van der Waals surface area contributed by atoms with Gasteiger partial charge in [0.2, 0.25) is 0 Å². The van der Waals surface area contributed by atoms with Crippen molar-refractivity contribution < 1.29 is 117 Å². The van der Waals surface area contributed by atoms with Gasteiger partial charge in [0.05, 0.1) is 52.6 Å². The Kier molecular flexibility index (Phi) is 30.5. The van der Waals surface area contributed by atoms with Crippen molar-refractivity contribution in [2.24, 2.45) is 0 Å². The van der Waals surface area contributed by atoms with Crippen molar-refractivity contribution in [2.45, 2.75) is 121 Å². The number of hydrogen-bond donors (Lipinski definition) is 3. The van der Waals surface area contributed by atoms with Crippen molar-refractivity contribution >= 4 is 116 Å². The second-order valence-electron chi connectivity index (χ2n) is 32.3. The molecule has 0 bridgehead atoms. The predicted octanol–water partition coefficient (Wildman–Crippen LogP) is 29.5. The molecule has 0 saturated carbocycles. The van der Waals surface area contributed by atoms with E-state index in [4.69, 9.17) is 51.8 Å². The number of nitrogens with zero attached hydrogens (tertiary/aromatic N) is 3. The number of para-hydroxylation sites is 3. The summed E-state index contributed by atoms with van der Waals surface area (Å²) in [4.78, 5) is 44.1. The van der Waals surface area contributed by atoms with Crippen molar-refractivity contribution in [3.63, 3.8) is 0 Å². The van der Waals surface area contributed by atoms with Crippen LogP contribution in [0.5, 0.6) is 0 Å². The first kappa shape index (κ1) is 93.9. The molecule has 0 saturated heterocycles. The van der Waals surface area contributed by atoms with Crippen LogP contribution in [-0.4, -0.2) is 47.6 Å².